The van der Waals surface area contributed by atoms with Crippen LogP contribution < -0.4 is 15.5 Å². The van der Waals surface area contributed by atoms with E-state index in [9.17, 15) is 4.79 Å². The number of anilines is 1. The topological polar surface area (TPSA) is 56.7 Å². The second-order valence-corrected chi connectivity index (χ2v) is 7.14. The number of aliphatic imine (C=N–C) groups is 1. The van der Waals surface area contributed by atoms with Crippen molar-refractivity contribution in [2.75, 3.05) is 18.5 Å². The van der Waals surface area contributed by atoms with E-state index in [0.29, 0.717) is 19.5 Å². The monoisotopic (exact) mass is 542 g/mol. The molecule has 3 rings (SSSR count). The average Bonchev–Trinajstić information content (AvgIpc) is 3.08. The molecule has 1 heterocycles. The molecule has 0 spiro atoms. The molecule has 144 valence electrons. The van der Waals surface area contributed by atoms with Crippen molar-refractivity contribution in [2.45, 2.75) is 25.9 Å². The molecule has 0 atom stereocenters. The maximum absolute atomic E-state index is 11.8. The number of rotatable bonds is 5. The van der Waals surface area contributed by atoms with Gasteiger partial charge in [0.25, 0.3) is 0 Å². The predicted octanol–water partition coefficient (Wildman–Crippen LogP) is 4.06. The highest BCUT2D eigenvalue weighted by molar-refractivity contribution is 14.0. The van der Waals surface area contributed by atoms with Gasteiger partial charge < -0.3 is 15.5 Å². The lowest BCUT2D eigenvalue weighted by Gasteiger charge is -2.16. The van der Waals surface area contributed by atoms with E-state index < -0.39 is 0 Å². The van der Waals surface area contributed by atoms with Crippen LogP contribution in [0.15, 0.2) is 58.0 Å². The highest BCUT2D eigenvalue weighted by Gasteiger charge is 2.21. The van der Waals surface area contributed by atoms with Crippen LogP contribution in [0.25, 0.3) is 0 Å². The largest absolute Gasteiger partial charge is 0.352 e. The Morgan fingerprint density at radius 2 is 1.81 bits per heavy atom. The summed E-state index contributed by atoms with van der Waals surface area (Å²) in [6.07, 6.45) is 1.60. The van der Waals surface area contributed by atoms with Gasteiger partial charge in [0.1, 0.15) is 0 Å². The van der Waals surface area contributed by atoms with Crippen LogP contribution in [0, 0.1) is 0 Å². The molecule has 0 radical (unpaired) electrons. The molecule has 27 heavy (non-hydrogen) atoms. The smallest absolute Gasteiger partial charge is 0.227 e. The summed E-state index contributed by atoms with van der Waals surface area (Å²) in [5, 5.41) is 6.63. The van der Waals surface area contributed by atoms with Gasteiger partial charge in [0.05, 0.1) is 0 Å². The van der Waals surface area contributed by atoms with E-state index in [-0.39, 0.29) is 29.9 Å². The van der Waals surface area contributed by atoms with Gasteiger partial charge in [0, 0.05) is 43.3 Å². The van der Waals surface area contributed by atoms with Crippen LogP contribution in [0.5, 0.6) is 0 Å². The van der Waals surface area contributed by atoms with Gasteiger partial charge in [-0.3, -0.25) is 9.79 Å². The Balaban J connectivity index is 0.00000261. The third-order valence-corrected chi connectivity index (χ3v) is 4.85. The first-order chi connectivity index (χ1) is 12.7. The Kier molecular flexibility index (Phi) is 8.56. The molecule has 1 amide bonds. The molecule has 0 unspecified atom stereocenters. The van der Waals surface area contributed by atoms with Gasteiger partial charge in [0.2, 0.25) is 5.91 Å². The van der Waals surface area contributed by atoms with E-state index in [4.69, 9.17) is 0 Å². The molecule has 0 bridgehead atoms. The summed E-state index contributed by atoms with van der Waals surface area (Å²) in [6, 6.07) is 16.3. The minimum atomic E-state index is 0. The van der Waals surface area contributed by atoms with E-state index >= 15 is 0 Å². The van der Waals surface area contributed by atoms with Crippen molar-refractivity contribution < 1.29 is 4.79 Å². The molecule has 0 saturated carbocycles. The van der Waals surface area contributed by atoms with E-state index in [1.54, 1.807) is 7.05 Å². The number of amides is 1. The average molecular weight is 543 g/mol. The lowest BCUT2D eigenvalue weighted by molar-refractivity contribution is -0.117. The zero-order valence-electron chi connectivity index (χ0n) is 15.2. The Labute approximate surface area is 185 Å². The summed E-state index contributed by atoms with van der Waals surface area (Å²) in [6.45, 7) is 2.20. The van der Waals surface area contributed by atoms with Crippen LogP contribution >= 0.6 is 39.9 Å². The number of benzene rings is 2. The zero-order chi connectivity index (χ0) is 18.4. The maximum atomic E-state index is 11.8. The Morgan fingerprint density at radius 1 is 1.11 bits per heavy atom. The first-order valence-corrected chi connectivity index (χ1v) is 9.53. The molecular formula is C20H24BrIN4O. The van der Waals surface area contributed by atoms with Gasteiger partial charge in [0.15, 0.2) is 5.96 Å². The number of hydrogen-bond donors (Lipinski definition) is 2. The SMILES string of the molecule is CN=C(NCc1ccc(N2CCCC2=O)cc1)NCc1cccc(Br)c1.I. The number of carbonyl (C=O) groups excluding carboxylic acids is 1. The lowest BCUT2D eigenvalue weighted by atomic mass is 10.2. The van der Waals surface area contributed by atoms with E-state index in [1.165, 1.54) is 5.56 Å². The molecule has 1 aliphatic rings. The summed E-state index contributed by atoms with van der Waals surface area (Å²) in [5.74, 6) is 0.969. The molecule has 1 fully saturated rings. The van der Waals surface area contributed by atoms with E-state index in [0.717, 1.165) is 34.6 Å². The van der Waals surface area contributed by atoms with Gasteiger partial charge in [-0.1, -0.05) is 40.2 Å². The summed E-state index contributed by atoms with van der Waals surface area (Å²) >= 11 is 3.48. The highest BCUT2D eigenvalue weighted by Crippen LogP contribution is 2.21. The minimum Gasteiger partial charge on any atom is -0.352 e. The third-order valence-electron chi connectivity index (χ3n) is 4.35. The van der Waals surface area contributed by atoms with Crippen LogP contribution in [0.1, 0.15) is 24.0 Å². The fourth-order valence-electron chi connectivity index (χ4n) is 2.95. The highest BCUT2D eigenvalue weighted by atomic mass is 127. The molecule has 7 heteroatoms. The van der Waals surface area contributed by atoms with Crippen LogP contribution in [0.2, 0.25) is 0 Å². The molecular weight excluding hydrogens is 519 g/mol. The third kappa shape index (κ3) is 6.21. The summed E-state index contributed by atoms with van der Waals surface area (Å²) < 4.78 is 1.07. The molecule has 2 aromatic carbocycles. The van der Waals surface area contributed by atoms with Gasteiger partial charge in [-0.2, -0.15) is 0 Å². The predicted molar refractivity (Wildman–Crippen MR) is 125 cm³/mol. The van der Waals surface area contributed by atoms with Gasteiger partial charge in [-0.15, -0.1) is 24.0 Å². The molecule has 0 aromatic heterocycles. The number of halogens is 2. The standard InChI is InChI=1S/C20H23BrN4O.HI/c1-22-20(24-14-16-4-2-5-17(21)12-16)23-13-15-7-9-18(10-8-15)25-11-3-6-19(25)26;/h2,4-5,7-10,12H,3,6,11,13-14H2,1H3,(H2,22,23,24);1H. The fourth-order valence-corrected chi connectivity index (χ4v) is 3.40. The first-order valence-electron chi connectivity index (χ1n) is 8.74. The minimum absolute atomic E-state index is 0. The molecule has 0 aliphatic carbocycles. The number of guanidine groups is 1. The maximum Gasteiger partial charge on any atom is 0.227 e. The Bertz CT molecular complexity index is 795. The summed E-state index contributed by atoms with van der Waals surface area (Å²) in [7, 11) is 1.76. The van der Waals surface area contributed by atoms with Gasteiger partial charge in [-0.05, 0) is 41.8 Å². The first kappa shape index (κ1) is 21.7. The molecule has 5 nitrogen and oxygen atoms in total. The van der Waals surface area contributed by atoms with Crippen molar-refractivity contribution >= 4 is 57.5 Å². The van der Waals surface area contributed by atoms with E-state index in [1.807, 2.05) is 29.2 Å². The Hall–Kier alpha value is -1.61. The van der Waals surface area contributed by atoms with Crippen LogP contribution in [-0.4, -0.2) is 25.5 Å². The number of nitrogens with one attached hydrogen (secondary N) is 2. The number of hydrogen-bond acceptors (Lipinski definition) is 2. The molecule has 2 N–H and O–H groups in total. The van der Waals surface area contributed by atoms with Crippen molar-refractivity contribution in [2.24, 2.45) is 4.99 Å². The van der Waals surface area contributed by atoms with Crippen LogP contribution in [-0.2, 0) is 17.9 Å². The molecule has 1 aliphatic heterocycles. The van der Waals surface area contributed by atoms with Crippen molar-refractivity contribution in [3.63, 3.8) is 0 Å². The lowest BCUT2D eigenvalue weighted by Crippen LogP contribution is -2.36. The molecule has 1 saturated heterocycles. The second kappa shape index (κ2) is 10.7. The Morgan fingerprint density at radius 3 is 2.41 bits per heavy atom. The summed E-state index contributed by atoms with van der Waals surface area (Å²) in [5.41, 5.74) is 3.31. The van der Waals surface area contributed by atoms with Crippen molar-refractivity contribution in [1.29, 1.82) is 0 Å². The normalized spacial score (nSPS) is 14.1. The zero-order valence-corrected chi connectivity index (χ0v) is 19.2. The van der Waals surface area contributed by atoms with Crippen molar-refractivity contribution in [3.05, 3.63) is 64.1 Å². The van der Waals surface area contributed by atoms with E-state index in [2.05, 4.69) is 55.8 Å². The van der Waals surface area contributed by atoms with Crippen LogP contribution in [0.3, 0.4) is 0 Å². The second-order valence-electron chi connectivity index (χ2n) is 6.22. The fraction of sp³-hybridized carbons (Fsp3) is 0.300. The van der Waals surface area contributed by atoms with Crippen molar-refractivity contribution in [3.8, 4) is 0 Å². The quantitative estimate of drug-likeness (QED) is 0.340. The van der Waals surface area contributed by atoms with Crippen molar-refractivity contribution in [1.82, 2.24) is 10.6 Å². The number of carbonyl (C=O) groups is 1. The van der Waals surface area contributed by atoms with Gasteiger partial charge in [-0.25, -0.2) is 0 Å². The summed E-state index contributed by atoms with van der Waals surface area (Å²) in [4.78, 5) is 17.9. The number of nitrogens with zero attached hydrogens (tertiary/aromatic N) is 2. The van der Waals surface area contributed by atoms with Crippen LogP contribution in [0.4, 0.5) is 5.69 Å². The molecule has 2 aromatic rings. The van der Waals surface area contributed by atoms with Gasteiger partial charge >= 0.3 is 0 Å².